The van der Waals surface area contributed by atoms with Crippen molar-refractivity contribution in [1.29, 1.82) is 0 Å². The Labute approximate surface area is 182 Å². The fraction of sp³-hybridized carbons (Fsp3) is 0.348. The van der Waals surface area contributed by atoms with Crippen molar-refractivity contribution in [2.45, 2.75) is 24.8 Å². The molecule has 2 aromatic carbocycles. The highest BCUT2D eigenvalue weighted by atomic mass is 19.3. The number of alkyl halides is 2. The highest BCUT2D eigenvalue weighted by molar-refractivity contribution is 5.88. The van der Waals surface area contributed by atoms with Gasteiger partial charge in [-0.25, -0.2) is 13.6 Å². The van der Waals surface area contributed by atoms with Crippen molar-refractivity contribution in [3.05, 3.63) is 59.7 Å². The van der Waals surface area contributed by atoms with Crippen LogP contribution in [-0.2, 0) is 14.3 Å². The molecule has 0 saturated heterocycles. The molecule has 2 amide bonds. The molecular weight excluding hydrogens is 422 g/mol. The van der Waals surface area contributed by atoms with Crippen molar-refractivity contribution >= 4 is 18.0 Å². The summed E-state index contributed by atoms with van der Waals surface area (Å²) in [5, 5.41) is 13.1. The predicted octanol–water partition coefficient (Wildman–Crippen LogP) is 3.00. The van der Waals surface area contributed by atoms with Crippen molar-refractivity contribution in [2.75, 3.05) is 13.2 Å². The minimum Gasteiger partial charge on any atom is -0.480 e. The van der Waals surface area contributed by atoms with Crippen LogP contribution in [0.5, 0.6) is 0 Å². The van der Waals surface area contributed by atoms with Gasteiger partial charge in [0.15, 0.2) is 0 Å². The molecular formula is C23H22F2N2O5. The average molecular weight is 444 g/mol. The molecule has 9 heteroatoms. The van der Waals surface area contributed by atoms with E-state index >= 15 is 0 Å². The zero-order valence-electron chi connectivity index (χ0n) is 17.2. The predicted molar refractivity (Wildman–Crippen MR) is 110 cm³/mol. The lowest BCUT2D eigenvalue weighted by atomic mass is 9.98. The van der Waals surface area contributed by atoms with Gasteiger partial charge in [-0.15, -0.1) is 0 Å². The van der Waals surface area contributed by atoms with Crippen LogP contribution in [0.15, 0.2) is 48.5 Å². The van der Waals surface area contributed by atoms with Crippen LogP contribution >= 0.6 is 0 Å². The van der Waals surface area contributed by atoms with Crippen LogP contribution in [-0.4, -0.2) is 48.2 Å². The third kappa shape index (κ3) is 3.90. The van der Waals surface area contributed by atoms with Crippen LogP contribution in [0.3, 0.4) is 0 Å². The van der Waals surface area contributed by atoms with E-state index in [1.807, 2.05) is 53.8 Å². The summed E-state index contributed by atoms with van der Waals surface area (Å²) < 4.78 is 33.3. The standard InChI is InChI=1S/C23H22F2N2O5/c1-12(21(29)30)27-20(28)19-18(23(19,24)25)10-26-22(31)32-11-17-15-8-4-2-6-13(15)14-7-3-5-9-16(14)17/h2-9,12,17-19H,10-11H2,1H3,(H,26,31)(H,27,28)(H,29,30)/t12-,18-,19-/m0/s1. The number of amides is 2. The zero-order chi connectivity index (χ0) is 23.0. The molecule has 0 bridgehead atoms. The normalized spacial score (nSPS) is 21.1. The molecule has 2 aliphatic carbocycles. The Kier molecular flexibility index (Phi) is 5.58. The molecule has 4 rings (SSSR count). The van der Waals surface area contributed by atoms with Crippen molar-refractivity contribution in [1.82, 2.24) is 10.6 Å². The fourth-order valence-electron chi connectivity index (χ4n) is 4.21. The first kappa shape index (κ1) is 21.7. The number of nitrogens with one attached hydrogen (secondary N) is 2. The van der Waals surface area contributed by atoms with Gasteiger partial charge < -0.3 is 20.5 Å². The number of carbonyl (C=O) groups excluding carboxylic acids is 2. The van der Waals surface area contributed by atoms with Gasteiger partial charge in [-0.1, -0.05) is 48.5 Å². The zero-order valence-corrected chi connectivity index (χ0v) is 17.2. The van der Waals surface area contributed by atoms with Gasteiger partial charge in [0.25, 0.3) is 5.92 Å². The van der Waals surface area contributed by atoms with E-state index in [2.05, 4.69) is 5.32 Å². The van der Waals surface area contributed by atoms with Crippen LogP contribution in [0.4, 0.5) is 13.6 Å². The van der Waals surface area contributed by atoms with Crippen molar-refractivity contribution in [3.63, 3.8) is 0 Å². The Hall–Kier alpha value is -3.49. The number of halogens is 2. The van der Waals surface area contributed by atoms with E-state index in [0.29, 0.717) is 0 Å². The van der Waals surface area contributed by atoms with E-state index in [4.69, 9.17) is 9.84 Å². The molecule has 1 fully saturated rings. The third-order valence-corrected chi connectivity index (χ3v) is 6.02. The number of carboxylic acid groups (broad SMARTS) is 1. The molecule has 0 aliphatic heterocycles. The number of carbonyl (C=O) groups is 3. The number of fused-ring (bicyclic) bond motifs is 3. The van der Waals surface area contributed by atoms with Crippen LogP contribution in [0.25, 0.3) is 11.1 Å². The first-order valence-electron chi connectivity index (χ1n) is 10.2. The Morgan fingerprint density at radius 3 is 2.19 bits per heavy atom. The molecule has 168 valence electrons. The van der Waals surface area contributed by atoms with Gasteiger partial charge >= 0.3 is 12.1 Å². The molecule has 0 aromatic heterocycles. The highest BCUT2D eigenvalue weighted by Gasteiger charge is 2.71. The van der Waals surface area contributed by atoms with Crippen molar-refractivity contribution < 1.29 is 33.0 Å². The second-order valence-electron chi connectivity index (χ2n) is 8.03. The highest BCUT2D eigenvalue weighted by Crippen LogP contribution is 2.55. The molecule has 32 heavy (non-hydrogen) atoms. The number of carboxylic acids is 1. The maximum atomic E-state index is 14.0. The number of hydrogen-bond donors (Lipinski definition) is 3. The van der Waals surface area contributed by atoms with E-state index in [-0.39, 0.29) is 12.5 Å². The van der Waals surface area contributed by atoms with Gasteiger partial charge in [0.2, 0.25) is 5.91 Å². The summed E-state index contributed by atoms with van der Waals surface area (Å²) in [5.74, 6) is -8.95. The molecule has 0 heterocycles. The Morgan fingerprint density at radius 2 is 1.62 bits per heavy atom. The lowest BCUT2D eigenvalue weighted by Crippen LogP contribution is -2.40. The molecule has 1 saturated carbocycles. The van der Waals surface area contributed by atoms with Gasteiger partial charge in [0.1, 0.15) is 18.6 Å². The summed E-state index contributed by atoms with van der Waals surface area (Å²) in [6, 6.07) is 14.3. The summed E-state index contributed by atoms with van der Waals surface area (Å²) in [5.41, 5.74) is 4.19. The summed E-state index contributed by atoms with van der Waals surface area (Å²) in [4.78, 5) is 34.9. The lowest BCUT2D eigenvalue weighted by Gasteiger charge is -2.14. The maximum absolute atomic E-state index is 14.0. The van der Waals surface area contributed by atoms with Crippen LogP contribution in [0.1, 0.15) is 24.0 Å². The van der Waals surface area contributed by atoms with Crippen molar-refractivity contribution in [2.24, 2.45) is 11.8 Å². The Morgan fingerprint density at radius 1 is 1.06 bits per heavy atom. The Balaban J connectivity index is 1.32. The van der Waals surface area contributed by atoms with E-state index in [9.17, 15) is 23.2 Å². The summed E-state index contributed by atoms with van der Waals surface area (Å²) in [6.07, 6.45) is -0.854. The quantitative estimate of drug-likeness (QED) is 0.609. The molecule has 3 atom stereocenters. The van der Waals surface area contributed by atoms with Gasteiger partial charge in [-0.3, -0.25) is 9.59 Å². The van der Waals surface area contributed by atoms with E-state index < -0.39 is 48.3 Å². The molecule has 2 aromatic rings. The SMILES string of the molecule is C[C@H](NC(=O)[C@@H]1[C@H](CNC(=O)OCC2c3ccccc3-c3ccccc32)C1(F)F)C(=O)O. The fourth-order valence-corrected chi connectivity index (χ4v) is 4.21. The average Bonchev–Trinajstić information content (AvgIpc) is 3.17. The van der Waals surface area contributed by atoms with Crippen LogP contribution in [0.2, 0.25) is 0 Å². The molecule has 2 aliphatic rings. The maximum Gasteiger partial charge on any atom is 0.407 e. The van der Waals surface area contributed by atoms with E-state index in [1.54, 1.807) is 0 Å². The number of aliphatic carboxylic acids is 1. The van der Waals surface area contributed by atoms with E-state index in [1.165, 1.54) is 6.92 Å². The van der Waals surface area contributed by atoms with Crippen molar-refractivity contribution in [3.8, 4) is 11.1 Å². The Bertz CT molecular complexity index is 1030. The van der Waals surface area contributed by atoms with Gasteiger partial charge in [0, 0.05) is 12.5 Å². The summed E-state index contributed by atoms with van der Waals surface area (Å²) in [7, 11) is 0. The largest absolute Gasteiger partial charge is 0.480 e. The van der Waals surface area contributed by atoms with Gasteiger partial charge in [-0.2, -0.15) is 0 Å². The summed E-state index contributed by atoms with van der Waals surface area (Å²) in [6.45, 7) is 0.773. The van der Waals surface area contributed by atoms with Crippen LogP contribution < -0.4 is 10.6 Å². The second-order valence-corrected chi connectivity index (χ2v) is 8.03. The van der Waals surface area contributed by atoms with Gasteiger partial charge in [0.05, 0.1) is 5.92 Å². The van der Waals surface area contributed by atoms with Gasteiger partial charge in [-0.05, 0) is 29.2 Å². The first-order chi connectivity index (χ1) is 15.2. The van der Waals surface area contributed by atoms with E-state index in [0.717, 1.165) is 22.3 Å². The molecule has 0 radical (unpaired) electrons. The minimum atomic E-state index is -3.32. The molecule has 3 N–H and O–H groups in total. The monoisotopic (exact) mass is 444 g/mol. The minimum absolute atomic E-state index is 0.0426. The number of alkyl carbamates (subject to hydrolysis) is 1. The summed E-state index contributed by atoms with van der Waals surface area (Å²) >= 11 is 0. The lowest BCUT2D eigenvalue weighted by molar-refractivity contribution is -0.141. The number of hydrogen-bond acceptors (Lipinski definition) is 4. The number of benzene rings is 2. The smallest absolute Gasteiger partial charge is 0.407 e. The number of ether oxygens (including phenoxy) is 1. The first-order valence-corrected chi connectivity index (χ1v) is 10.2. The molecule has 0 unspecified atom stereocenters. The molecule has 7 nitrogen and oxygen atoms in total. The third-order valence-electron chi connectivity index (χ3n) is 6.02. The molecule has 0 spiro atoms. The topological polar surface area (TPSA) is 105 Å². The number of rotatable bonds is 7. The van der Waals surface area contributed by atoms with Crippen LogP contribution in [0, 0.1) is 11.8 Å². The second kappa shape index (κ2) is 8.22.